The molecule has 2 aromatic carbocycles. The smallest absolute Gasteiger partial charge is 0.187 e. The zero-order valence-corrected chi connectivity index (χ0v) is 12.8. The van der Waals surface area contributed by atoms with Gasteiger partial charge in [-0.3, -0.25) is 0 Å². The molecule has 1 aromatic heterocycles. The normalized spacial score (nSPS) is 10.8. The molecule has 0 spiro atoms. The number of aromatic nitrogens is 4. The lowest BCUT2D eigenvalue weighted by atomic mass is 10.1. The zero-order valence-electron chi connectivity index (χ0n) is 11.2. The highest BCUT2D eigenvalue weighted by Gasteiger charge is 2.15. The predicted octanol–water partition coefficient (Wildman–Crippen LogP) is 3.71. The summed E-state index contributed by atoms with van der Waals surface area (Å²) in [5.41, 5.74) is 4.29. The lowest BCUT2D eigenvalue weighted by Crippen LogP contribution is -2.03. The van der Waals surface area contributed by atoms with Gasteiger partial charge in [0.15, 0.2) is 5.82 Å². The average molecular weight is 329 g/mol. The fourth-order valence-corrected chi connectivity index (χ4v) is 3.12. The van der Waals surface area contributed by atoms with Gasteiger partial charge in [0.1, 0.15) is 0 Å². The van der Waals surface area contributed by atoms with Crippen molar-refractivity contribution < 1.29 is 0 Å². The number of rotatable bonds is 2. The minimum absolute atomic E-state index is 0.734. The van der Waals surface area contributed by atoms with Crippen molar-refractivity contribution in [1.82, 2.24) is 20.2 Å². The largest absolute Gasteiger partial charge is 0.191 e. The molecule has 100 valence electrons. The van der Waals surface area contributed by atoms with Gasteiger partial charge in [0, 0.05) is 10.0 Å². The van der Waals surface area contributed by atoms with Crippen molar-refractivity contribution in [2.24, 2.45) is 0 Å². The number of hydrogen-bond acceptors (Lipinski definition) is 3. The van der Waals surface area contributed by atoms with Gasteiger partial charge < -0.3 is 0 Å². The maximum atomic E-state index is 4.15. The number of hydrogen-bond donors (Lipinski definition) is 0. The highest BCUT2D eigenvalue weighted by molar-refractivity contribution is 9.10. The maximum Gasteiger partial charge on any atom is 0.187 e. The van der Waals surface area contributed by atoms with Gasteiger partial charge in [0.25, 0.3) is 0 Å². The Morgan fingerprint density at radius 1 is 1.05 bits per heavy atom. The first kappa shape index (κ1) is 13.0. The Balaban J connectivity index is 2.21. The molecule has 0 saturated carbocycles. The molecule has 3 rings (SSSR count). The average Bonchev–Trinajstić information content (AvgIpc) is 2.87. The summed E-state index contributed by atoms with van der Waals surface area (Å²) in [6.45, 7) is 4.13. The van der Waals surface area contributed by atoms with Crippen LogP contribution in [0.15, 0.2) is 46.9 Å². The third kappa shape index (κ3) is 2.25. The highest BCUT2D eigenvalue weighted by atomic mass is 79.9. The van der Waals surface area contributed by atoms with E-state index in [0.29, 0.717) is 0 Å². The molecule has 20 heavy (non-hydrogen) atoms. The molecule has 0 unspecified atom stereocenters. The van der Waals surface area contributed by atoms with Crippen LogP contribution < -0.4 is 0 Å². The maximum absolute atomic E-state index is 4.15. The van der Waals surface area contributed by atoms with E-state index >= 15 is 0 Å². The summed E-state index contributed by atoms with van der Waals surface area (Å²) in [6.07, 6.45) is 0. The van der Waals surface area contributed by atoms with Crippen LogP contribution in [0.25, 0.3) is 17.1 Å². The number of nitrogens with zero attached hydrogens (tertiary/aromatic N) is 4. The van der Waals surface area contributed by atoms with E-state index in [0.717, 1.165) is 27.1 Å². The van der Waals surface area contributed by atoms with Crippen LogP contribution in [0.1, 0.15) is 11.1 Å². The van der Waals surface area contributed by atoms with E-state index < -0.39 is 0 Å². The lowest BCUT2D eigenvalue weighted by Gasteiger charge is -2.11. The summed E-state index contributed by atoms with van der Waals surface area (Å²) >= 11 is 3.61. The fourth-order valence-electron chi connectivity index (χ4n) is 2.28. The summed E-state index contributed by atoms with van der Waals surface area (Å²) in [5, 5.41) is 12.1. The first-order chi connectivity index (χ1) is 9.66. The molecule has 0 atom stereocenters. The summed E-state index contributed by atoms with van der Waals surface area (Å²) in [7, 11) is 0. The monoisotopic (exact) mass is 328 g/mol. The topological polar surface area (TPSA) is 43.6 Å². The van der Waals surface area contributed by atoms with Gasteiger partial charge in [-0.05, 0) is 57.4 Å². The molecular formula is C15H13BrN4. The molecule has 0 N–H and O–H groups in total. The van der Waals surface area contributed by atoms with Gasteiger partial charge in [-0.25, -0.2) is 0 Å². The molecule has 3 aromatic rings. The zero-order chi connectivity index (χ0) is 14.1. The van der Waals surface area contributed by atoms with Crippen molar-refractivity contribution in [3.63, 3.8) is 0 Å². The third-order valence-corrected chi connectivity index (χ3v) is 3.72. The van der Waals surface area contributed by atoms with Crippen LogP contribution in [0.3, 0.4) is 0 Å². The van der Waals surface area contributed by atoms with E-state index in [4.69, 9.17) is 0 Å². The van der Waals surface area contributed by atoms with Gasteiger partial charge in [-0.1, -0.05) is 36.4 Å². The van der Waals surface area contributed by atoms with Crippen molar-refractivity contribution in [2.75, 3.05) is 0 Å². The van der Waals surface area contributed by atoms with Crippen LogP contribution in [0.2, 0.25) is 0 Å². The molecule has 0 radical (unpaired) electrons. The second kappa shape index (κ2) is 5.17. The van der Waals surface area contributed by atoms with Crippen LogP contribution in [0.4, 0.5) is 0 Å². The van der Waals surface area contributed by atoms with E-state index in [9.17, 15) is 0 Å². The minimum Gasteiger partial charge on any atom is -0.191 e. The van der Waals surface area contributed by atoms with Crippen molar-refractivity contribution in [3.8, 4) is 17.1 Å². The lowest BCUT2D eigenvalue weighted by molar-refractivity contribution is 0.784. The number of halogens is 1. The van der Waals surface area contributed by atoms with E-state index in [1.807, 2.05) is 30.3 Å². The van der Waals surface area contributed by atoms with E-state index in [-0.39, 0.29) is 0 Å². The van der Waals surface area contributed by atoms with Gasteiger partial charge in [-0.15, -0.1) is 5.10 Å². The van der Waals surface area contributed by atoms with Crippen LogP contribution >= 0.6 is 15.9 Å². The fraction of sp³-hybridized carbons (Fsp3) is 0.133. The molecule has 0 saturated heterocycles. The Labute approximate surface area is 125 Å². The quantitative estimate of drug-likeness (QED) is 0.720. The van der Waals surface area contributed by atoms with E-state index in [1.54, 1.807) is 4.68 Å². The summed E-state index contributed by atoms with van der Waals surface area (Å²) < 4.78 is 2.76. The molecular weight excluding hydrogens is 316 g/mol. The standard InChI is InChI=1S/C15H13BrN4/c1-10-8-11(2)14(13(16)9-10)20-15(17-18-19-20)12-6-4-3-5-7-12/h3-9H,1-2H3. The van der Waals surface area contributed by atoms with E-state index in [1.165, 1.54) is 5.56 Å². The molecule has 0 aliphatic rings. The number of aryl methyl sites for hydroxylation is 2. The highest BCUT2D eigenvalue weighted by Crippen LogP contribution is 2.28. The number of tetrazole rings is 1. The second-order valence-electron chi connectivity index (χ2n) is 4.69. The van der Waals surface area contributed by atoms with Crippen molar-refractivity contribution >= 4 is 15.9 Å². The van der Waals surface area contributed by atoms with Crippen molar-refractivity contribution in [3.05, 3.63) is 58.1 Å². The Morgan fingerprint density at radius 3 is 2.50 bits per heavy atom. The van der Waals surface area contributed by atoms with Crippen LogP contribution in [-0.2, 0) is 0 Å². The summed E-state index contributed by atoms with van der Waals surface area (Å²) in [4.78, 5) is 0. The SMILES string of the molecule is Cc1cc(C)c(-n2nnnc2-c2ccccc2)c(Br)c1. The summed E-state index contributed by atoms with van der Waals surface area (Å²) in [6, 6.07) is 14.1. The van der Waals surface area contributed by atoms with Crippen molar-refractivity contribution in [2.45, 2.75) is 13.8 Å². The first-order valence-electron chi connectivity index (χ1n) is 6.28. The van der Waals surface area contributed by atoms with Gasteiger partial charge >= 0.3 is 0 Å². The molecule has 0 aliphatic carbocycles. The third-order valence-electron chi connectivity index (χ3n) is 3.11. The molecule has 4 nitrogen and oxygen atoms in total. The Morgan fingerprint density at radius 2 is 1.80 bits per heavy atom. The number of benzene rings is 2. The Bertz CT molecular complexity index is 727. The Kier molecular flexibility index (Phi) is 3.36. The molecule has 0 amide bonds. The Hall–Kier alpha value is -2.01. The van der Waals surface area contributed by atoms with Crippen LogP contribution in [0, 0.1) is 13.8 Å². The van der Waals surface area contributed by atoms with E-state index in [2.05, 4.69) is 57.4 Å². The molecule has 1 heterocycles. The van der Waals surface area contributed by atoms with Gasteiger partial charge in [0.05, 0.1) is 5.69 Å². The molecule has 0 bridgehead atoms. The minimum atomic E-state index is 0.734. The summed E-state index contributed by atoms with van der Waals surface area (Å²) in [5.74, 6) is 0.734. The first-order valence-corrected chi connectivity index (χ1v) is 7.07. The van der Waals surface area contributed by atoms with Crippen LogP contribution in [0.5, 0.6) is 0 Å². The van der Waals surface area contributed by atoms with Gasteiger partial charge in [-0.2, -0.15) is 4.68 Å². The predicted molar refractivity (Wildman–Crippen MR) is 81.8 cm³/mol. The van der Waals surface area contributed by atoms with Crippen LogP contribution in [-0.4, -0.2) is 20.2 Å². The molecule has 0 aliphatic heterocycles. The van der Waals surface area contributed by atoms with Gasteiger partial charge in [0.2, 0.25) is 0 Å². The van der Waals surface area contributed by atoms with Crippen molar-refractivity contribution in [1.29, 1.82) is 0 Å². The molecule has 0 fully saturated rings. The molecule has 5 heteroatoms. The second-order valence-corrected chi connectivity index (χ2v) is 5.55.